The van der Waals surface area contributed by atoms with Gasteiger partial charge in [-0.25, -0.2) is 4.39 Å². The molecule has 0 aliphatic rings. The van der Waals surface area contributed by atoms with Crippen LogP contribution < -0.4 is 10.2 Å². The van der Waals surface area contributed by atoms with Crippen molar-refractivity contribution >= 4 is 17.5 Å². The van der Waals surface area contributed by atoms with E-state index in [1.165, 1.54) is 60.5 Å². The number of benzene rings is 2. The third-order valence-corrected chi connectivity index (χ3v) is 3.10. The van der Waals surface area contributed by atoms with Gasteiger partial charge in [0.2, 0.25) is 0 Å². The number of carbonyl (C=O) groups is 2. The van der Waals surface area contributed by atoms with Crippen molar-refractivity contribution in [3.8, 4) is 5.75 Å². The molecule has 0 fully saturated rings. The lowest BCUT2D eigenvalue weighted by Gasteiger charge is -2.16. The fraction of sp³-hybridized carbons (Fsp3) is 0.125. The van der Waals surface area contributed by atoms with Crippen LogP contribution in [0.3, 0.4) is 0 Å². The summed E-state index contributed by atoms with van der Waals surface area (Å²) in [6, 6.07) is 11.5. The summed E-state index contributed by atoms with van der Waals surface area (Å²) in [6.45, 7) is 0.133. The standard InChI is InChI=1S/C16H15FN2O3/c1-19(13-6-8-14(20)9-7-13)16(22)15(21)18-10-11-2-4-12(17)5-3-11/h2-9,20H,10H2,1H3,(H,18,21). The second kappa shape index (κ2) is 6.71. The fourth-order valence-corrected chi connectivity index (χ4v) is 1.81. The smallest absolute Gasteiger partial charge is 0.316 e. The number of phenolic OH excluding ortho intramolecular Hbond substituents is 1. The molecular weight excluding hydrogens is 287 g/mol. The molecule has 114 valence electrons. The molecule has 2 N–H and O–H groups in total. The van der Waals surface area contributed by atoms with E-state index in [1.807, 2.05) is 0 Å². The summed E-state index contributed by atoms with van der Waals surface area (Å²) in [5.41, 5.74) is 1.18. The molecule has 22 heavy (non-hydrogen) atoms. The first-order valence-corrected chi connectivity index (χ1v) is 6.57. The predicted octanol–water partition coefficient (Wildman–Crippen LogP) is 1.81. The van der Waals surface area contributed by atoms with Gasteiger partial charge in [0.1, 0.15) is 11.6 Å². The maximum atomic E-state index is 12.8. The molecule has 0 saturated carbocycles. The summed E-state index contributed by atoms with van der Waals surface area (Å²) in [6.07, 6.45) is 0. The Bertz CT molecular complexity index is 669. The van der Waals surface area contributed by atoms with E-state index in [2.05, 4.69) is 5.32 Å². The average molecular weight is 302 g/mol. The predicted molar refractivity (Wildman–Crippen MR) is 79.8 cm³/mol. The molecule has 2 aromatic carbocycles. The van der Waals surface area contributed by atoms with Gasteiger partial charge < -0.3 is 15.3 Å². The van der Waals surface area contributed by atoms with Crippen LogP contribution >= 0.6 is 0 Å². The van der Waals surface area contributed by atoms with Crippen LogP contribution in [0.4, 0.5) is 10.1 Å². The van der Waals surface area contributed by atoms with E-state index in [-0.39, 0.29) is 18.1 Å². The third-order valence-electron chi connectivity index (χ3n) is 3.10. The minimum absolute atomic E-state index is 0.0744. The molecule has 0 unspecified atom stereocenters. The van der Waals surface area contributed by atoms with Crippen LogP contribution in [0.1, 0.15) is 5.56 Å². The molecule has 0 bridgehead atoms. The van der Waals surface area contributed by atoms with E-state index >= 15 is 0 Å². The minimum atomic E-state index is -0.764. The summed E-state index contributed by atoms with van der Waals surface area (Å²) in [7, 11) is 1.46. The van der Waals surface area contributed by atoms with Crippen molar-refractivity contribution < 1.29 is 19.1 Å². The topological polar surface area (TPSA) is 69.6 Å². The Hall–Kier alpha value is -2.89. The van der Waals surface area contributed by atoms with Gasteiger partial charge in [-0.15, -0.1) is 0 Å². The van der Waals surface area contributed by atoms with Crippen molar-refractivity contribution in [1.82, 2.24) is 5.32 Å². The molecular formula is C16H15FN2O3. The number of nitrogens with one attached hydrogen (secondary N) is 1. The second-order valence-electron chi connectivity index (χ2n) is 4.69. The van der Waals surface area contributed by atoms with Gasteiger partial charge in [0.05, 0.1) is 0 Å². The molecule has 0 aliphatic carbocycles. The van der Waals surface area contributed by atoms with Crippen molar-refractivity contribution in [2.24, 2.45) is 0 Å². The summed E-state index contributed by atoms with van der Waals surface area (Å²) >= 11 is 0. The first kappa shape index (κ1) is 15.5. The van der Waals surface area contributed by atoms with Gasteiger partial charge in [-0.3, -0.25) is 9.59 Å². The SMILES string of the molecule is CN(C(=O)C(=O)NCc1ccc(F)cc1)c1ccc(O)cc1. The zero-order chi connectivity index (χ0) is 16.1. The normalized spacial score (nSPS) is 10.1. The maximum absolute atomic E-state index is 12.8. The monoisotopic (exact) mass is 302 g/mol. The fourth-order valence-electron chi connectivity index (χ4n) is 1.81. The highest BCUT2D eigenvalue weighted by Crippen LogP contribution is 2.17. The van der Waals surface area contributed by atoms with E-state index in [1.54, 1.807) is 0 Å². The van der Waals surface area contributed by atoms with Crippen LogP contribution in [0.2, 0.25) is 0 Å². The number of nitrogens with zero attached hydrogens (tertiary/aromatic N) is 1. The average Bonchev–Trinajstić information content (AvgIpc) is 2.53. The second-order valence-corrected chi connectivity index (χ2v) is 4.69. The first-order valence-electron chi connectivity index (χ1n) is 6.57. The Kier molecular flexibility index (Phi) is 4.73. The lowest BCUT2D eigenvalue weighted by atomic mass is 10.2. The number of halogens is 1. The van der Waals surface area contributed by atoms with Crippen molar-refractivity contribution in [2.75, 3.05) is 11.9 Å². The largest absolute Gasteiger partial charge is 0.508 e. The van der Waals surface area contributed by atoms with Gasteiger partial charge in [-0.1, -0.05) is 12.1 Å². The van der Waals surface area contributed by atoms with E-state index in [4.69, 9.17) is 0 Å². The highest BCUT2D eigenvalue weighted by Gasteiger charge is 2.19. The third kappa shape index (κ3) is 3.82. The van der Waals surface area contributed by atoms with E-state index in [9.17, 15) is 19.1 Å². The number of hydrogen-bond donors (Lipinski definition) is 2. The van der Waals surface area contributed by atoms with Crippen molar-refractivity contribution in [2.45, 2.75) is 6.54 Å². The van der Waals surface area contributed by atoms with Crippen LogP contribution in [0.5, 0.6) is 5.75 Å². The van der Waals surface area contributed by atoms with Gasteiger partial charge in [-0.05, 0) is 42.0 Å². The molecule has 0 heterocycles. The quantitative estimate of drug-likeness (QED) is 0.850. The molecule has 6 heteroatoms. The highest BCUT2D eigenvalue weighted by atomic mass is 19.1. The van der Waals surface area contributed by atoms with Crippen molar-refractivity contribution in [3.63, 3.8) is 0 Å². The molecule has 0 saturated heterocycles. The van der Waals surface area contributed by atoms with Gasteiger partial charge >= 0.3 is 11.8 Å². The van der Waals surface area contributed by atoms with Gasteiger partial charge in [-0.2, -0.15) is 0 Å². The zero-order valence-corrected chi connectivity index (χ0v) is 11.9. The Morgan fingerprint density at radius 2 is 1.68 bits per heavy atom. The lowest BCUT2D eigenvalue weighted by molar-refractivity contribution is -0.137. The van der Waals surface area contributed by atoms with Crippen LogP contribution in [-0.4, -0.2) is 24.0 Å². The maximum Gasteiger partial charge on any atom is 0.316 e. The molecule has 2 amide bonds. The van der Waals surface area contributed by atoms with Gasteiger partial charge in [0.25, 0.3) is 0 Å². The molecule has 0 atom stereocenters. The Morgan fingerprint density at radius 1 is 1.09 bits per heavy atom. The van der Waals surface area contributed by atoms with Crippen LogP contribution in [0.15, 0.2) is 48.5 Å². The Labute approximate surface area is 127 Å². The molecule has 0 aromatic heterocycles. The molecule has 0 radical (unpaired) electrons. The molecule has 2 rings (SSSR count). The van der Waals surface area contributed by atoms with Gasteiger partial charge in [0, 0.05) is 19.3 Å². The number of aromatic hydroxyl groups is 1. The number of phenols is 1. The van der Waals surface area contributed by atoms with Crippen LogP contribution in [0, 0.1) is 5.82 Å². The van der Waals surface area contributed by atoms with E-state index in [0.29, 0.717) is 11.3 Å². The number of amides is 2. The zero-order valence-electron chi connectivity index (χ0n) is 11.9. The summed E-state index contributed by atoms with van der Waals surface area (Å²) in [5, 5.41) is 11.7. The summed E-state index contributed by atoms with van der Waals surface area (Å²) < 4.78 is 12.8. The Balaban J connectivity index is 1.95. The molecule has 5 nitrogen and oxygen atoms in total. The highest BCUT2D eigenvalue weighted by molar-refractivity contribution is 6.40. The summed E-state index contributed by atoms with van der Waals surface area (Å²) in [4.78, 5) is 25.0. The van der Waals surface area contributed by atoms with Crippen molar-refractivity contribution in [1.29, 1.82) is 0 Å². The number of anilines is 1. The minimum Gasteiger partial charge on any atom is -0.508 e. The summed E-state index contributed by atoms with van der Waals surface area (Å²) in [5.74, 6) is -1.78. The number of rotatable bonds is 3. The van der Waals surface area contributed by atoms with E-state index in [0.717, 1.165) is 0 Å². The van der Waals surface area contributed by atoms with E-state index < -0.39 is 11.8 Å². The molecule has 0 aliphatic heterocycles. The number of carbonyl (C=O) groups excluding carboxylic acids is 2. The molecule has 0 spiro atoms. The first-order chi connectivity index (χ1) is 10.5. The van der Waals surface area contributed by atoms with Crippen LogP contribution in [-0.2, 0) is 16.1 Å². The number of likely N-dealkylation sites (N-methyl/N-ethyl adjacent to an activating group) is 1. The lowest BCUT2D eigenvalue weighted by Crippen LogP contribution is -2.40. The van der Waals surface area contributed by atoms with Crippen LogP contribution in [0.25, 0.3) is 0 Å². The number of hydrogen-bond acceptors (Lipinski definition) is 3. The van der Waals surface area contributed by atoms with Gasteiger partial charge in [0.15, 0.2) is 0 Å². The van der Waals surface area contributed by atoms with Crippen molar-refractivity contribution in [3.05, 3.63) is 59.9 Å². The Morgan fingerprint density at radius 3 is 2.27 bits per heavy atom. The molecule has 2 aromatic rings.